The molecule has 0 radical (unpaired) electrons. The second-order valence-corrected chi connectivity index (χ2v) is 6.47. The van der Waals surface area contributed by atoms with Crippen molar-refractivity contribution < 1.29 is 17.6 Å². The molecule has 2 aromatic rings. The third-order valence-electron chi connectivity index (χ3n) is 3.05. The second-order valence-electron chi connectivity index (χ2n) is 4.56. The average molecular weight is 307 g/mol. The Morgan fingerprint density at radius 1 is 1.14 bits per heavy atom. The Hall–Kier alpha value is -2.21. The highest BCUT2D eigenvalue weighted by atomic mass is 32.2. The maximum Gasteiger partial charge on any atom is 0.207 e. The van der Waals surface area contributed by atoms with Crippen LogP contribution in [0.5, 0.6) is 0 Å². The summed E-state index contributed by atoms with van der Waals surface area (Å²) in [6.45, 7) is 1.89. The molecule has 0 saturated carbocycles. The van der Waals surface area contributed by atoms with E-state index in [0.717, 1.165) is 11.6 Å². The minimum absolute atomic E-state index is 0.0858. The molecule has 0 aromatic heterocycles. The Morgan fingerprint density at radius 3 is 2.38 bits per heavy atom. The summed E-state index contributed by atoms with van der Waals surface area (Å²) in [5.41, 5.74) is 1.15. The summed E-state index contributed by atoms with van der Waals surface area (Å²) in [7, 11) is -3.68. The highest BCUT2D eigenvalue weighted by molar-refractivity contribution is 7.91. The van der Waals surface area contributed by atoms with Gasteiger partial charge >= 0.3 is 0 Å². The fourth-order valence-electron chi connectivity index (χ4n) is 1.99. The SMILES string of the molecule is Cc1cc(F)ccc1S(=O)(=O)c1ccc(CNC=O)cc1. The van der Waals surface area contributed by atoms with Gasteiger partial charge in [0.05, 0.1) is 9.79 Å². The lowest BCUT2D eigenvalue weighted by Crippen LogP contribution is -2.10. The van der Waals surface area contributed by atoms with Crippen molar-refractivity contribution in [2.75, 3.05) is 0 Å². The Bertz CT molecular complexity index is 755. The highest BCUT2D eigenvalue weighted by Gasteiger charge is 2.19. The topological polar surface area (TPSA) is 63.2 Å². The van der Waals surface area contributed by atoms with Gasteiger partial charge in [-0.2, -0.15) is 0 Å². The Kier molecular flexibility index (Phi) is 4.37. The zero-order valence-corrected chi connectivity index (χ0v) is 12.2. The van der Waals surface area contributed by atoms with E-state index in [1.165, 1.54) is 24.3 Å². The van der Waals surface area contributed by atoms with Crippen molar-refractivity contribution in [1.29, 1.82) is 0 Å². The minimum atomic E-state index is -3.68. The van der Waals surface area contributed by atoms with Gasteiger partial charge < -0.3 is 5.32 Å². The van der Waals surface area contributed by atoms with Gasteiger partial charge in [-0.25, -0.2) is 12.8 Å². The predicted octanol–water partition coefficient (Wildman–Crippen LogP) is 2.21. The van der Waals surface area contributed by atoms with Gasteiger partial charge in [0.1, 0.15) is 5.82 Å². The fraction of sp³-hybridized carbons (Fsp3) is 0.133. The molecule has 0 aliphatic rings. The molecule has 6 heteroatoms. The number of carbonyl (C=O) groups excluding carboxylic acids is 1. The lowest BCUT2D eigenvalue weighted by Gasteiger charge is -2.08. The van der Waals surface area contributed by atoms with Gasteiger partial charge in [0.2, 0.25) is 16.2 Å². The number of carbonyl (C=O) groups is 1. The zero-order valence-electron chi connectivity index (χ0n) is 11.3. The third kappa shape index (κ3) is 3.28. The van der Waals surface area contributed by atoms with Gasteiger partial charge in [-0.15, -0.1) is 0 Å². The first-order valence-corrected chi connectivity index (χ1v) is 7.70. The van der Waals surface area contributed by atoms with Gasteiger partial charge in [0.15, 0.2) is 0 Å². The van der Waals surface area contributed by atoms with Gasteiger partial charge in [-0.05, 0) is 48.4 Å². The lowest BCUT2D eigenvalue weighted by atomic mass is 10.2. The van der Waals surface area contributed by atoms with Crippen LogP contribution in [0.4, 0.5) is 4.39 Å². The van der Waals surface area contributed by atoms with Gasteiger partial charge in [0.25, 0.3) is 0 Å². The van der Waals surface area contributed by atoms with Crippen LogP contribution in [-0.2, 0) is 21.2 Å². The van der Waals surface area contributed by atoms with Crippen LogP contribution < -0.4 is 5.32 Å². The van der Waals surface area contributed by atoms with E-state index in [1.54, 1.807) is 19.1 Å². The molecule has 0 spiro atoms. The molecule has 0 heterocycles. The van der Waals surface area contributed by atoms with Crippen molar-refractivity contribution >= 4 is 16.2 Å². The lowest BCUT2D eigenvalue weighted by molar-refractivity contribution is -0.109. The number of halogens is 1. The molecule has 0 aliphatic carbocycles. The number of sulfone groups is 1. The standard InChI is InChI=1S/C15H14FNO3S/c1-11-8-13(16)4-7-15(11)21(19,20)14-5-2-12(3-6-14)9-17-10-18/h2-8,10H,9H2,1H3,(H,17,18). The number of amides is 1. The van der Waals surface area contributed by atoms with Gasteiger partial charge in [-0.3, -0.25) is 4.79 Å². The highest BCUT2D eigenvalue weighted by Crippen LogP contribution is 2.24. The minimum Gasteiger partial charge on any atom is -0.355 e. The molecule has 0 aliphatic heterocycles. The number of hydrogen-bond donors (Lipinski definition) is 1. The molecule has 21 heavy (non-hydrogen) atoms. The molecule has 0 unspecified atom stereocenters. The Morgan fingerprint density at radius 2 is 1.81 bits per heavy atom. The van der Waals surface area contributed by atoms with E-state index >= 15 is 0 Å². The molecule has 0 saturated heterocycles. The monoisotopic (exact) mass is 307 g/mol. The van der Waals surface area contributed by atoms with E-state index in [1.807, 2.05) is 0 Å². The van der Waals surface area contributed by atoms with Crippen LogP contribution in [0.2, 0.25) is 0 Å². The van der Waals surface area contributed by atoms with Gasteiger partial charge in [0, 0.05) is 6.54 Å². The zero-order chi connectivity index (χ0) is 15.5. The number of aryl methyl sites for hydroxylation is 1. The van der Waals surface area contributed by atoms with E-state index in [0.29, 0.717) is 18.5 Å². The molecule has 2 aromatic carbocycles. The van der Waals surface area contributed by atoms with Crippen molar-refractivity contribution in [2.45, 2.75) is 23.3 Å². The molecule has 4 nitrogen and oxygen atoms in total. The molecule has 1 N–H and O–H groups in total. The van der Waals surface area contributed by atoms with E-state index in [9.17, 15) is 17.6 Å². The summed E-state index contributed by atoms with van der Waals surface area (Å²) in [6.07, 6.45) is 0.576. The van der Waals surface area contributed by atoms with Crippen LogP contribution in [0.15, 0.2) is 52.3 Å². The molecular weight excluding hydrogens is 293 g/mol. The number of rotatable bonds is 5. The summed E-state index contributed by atoms with van der Waals surface area (Å²) in [6, 6.07) is 9.78. The van der Waals surface area contributed by atoms with Gasteiger partial charge in [-0.1, -0.05) is 12.1 Å². The van der Waals surface area contributed by atoms with Crippen LogP contribution >= 0.6 is 0 Å². The molecule has 110 valence electrons. The first kappa shape index (κ1) is 15.2. The van der Waals surface area contributed by atoms with Crippen LogP contribution in [0.1, 0.15) is 11.1 Å². The van der Waals surface area contributed by atoms with Crippen LogP contribution in [0.3, 0.4) is 0 Å². The molecular formula is C15H14FNO3S. The van der Waals surface area contributed by atoms with Crippen molar-refractivity contribution in [2.24, 2.45) is 0 Å². The normalized spacial score (nSPS) is 11.1. The largest absolute Gasteiger partial charge is 0.355 e. The van der Waals surface area contributed by atoms with Crippen LogP contribution in [0.25, 0.3) is 0 Å². The Labute approximate surface area is 122 Å². The summed E-state index contributed by atoms with van der Waals surface area (Å²) >= 11 is 0. The first-order valence-electron chi connectivity index (χ1n) is 6.22. The maximum absolute atomic E-state index is 13.1. The molecule has 1 amide bonds. The third-order valence-corrected chi connectivity index (χ3v) is 4.98. The van der Waals surface area contributed by atoms with E-state index in [-0.39, 0.29) is 9.79 Å². The van der Waals surface area contributed by atoms with Crippen molar-refractivity contribution in [3.8, 4) is 0 Å². The summed E-state index contributed by atoms with van der Waals surface area (Å²) in [5, 5.41) is 2.50. The van der Waals surface area contributed by atoms with Crippen LogP contribution in [-0.4, -0.2) is 14.8 Å². The van der Waals surface area contributed by atoms with Crippen molar-refractivity contribution in [3.63, 3.8) is 0 Å². The summed E-state index contributed by atoms with van der Waals surface area (Å²) in [4.78, 5) is 10.4. The van der Waals surface area contributed by atoms with Crippen LogP contribution in [0, 0.1) is 12.7 Å². The van der Waals surface area contributed by atoms with E-state index < -0.39 is 15.7 Å². The summed E-state index contributed by atoms with van der Waals surface area (Å²) in [5.74, 6) is -0.471. The molecule has 0 bridgehead atoms. The quantitative estimate of drug-likeness (QED) is 0.680. The molecule has 0 fully saturated rings. The number of benzene rings is 2. The van der Waals surface area contributed by atoms with Crippen molar-refractivity contribution in [3.05, 3.63) is 59.4 Å². The Balaban J connectivity index is 2.37. The number of hydrogen-bond acceptors (Lipinski definition) is 3. The first-order chi connectivity index (χ1) is 9.95. The molecule has 0 atom stereocenters. The maximum atomic E-state index is 13.1. The van der Waals surface area contributed by atoms with E-state index in [4.69, 9.17) is 0 Å². The average Bonchev–Trinajstić information content (AvgIpc) is 2.45. The second kappa shape index (κ2) is 6.05. The fourth-order valence-corrected chi connectivity index (χ4v) is 3.47. The van der Waals surface area contributed by atoms with Crippen molar-refractivity contribution in [1.82, 2.24) is 5.32 Å². The summed E-state index contributed by atoms with van der Waals surface area (Å²) < 4.78 is 38.1. The smallest absolute Gasteiger partial charge is 0.207 e. The number of nitrogens with one attached hydrogen (secondary N) is 1. The molecule has 2 rings (SSSR count). The predicted molar refractivity (Wildman–Crippen MR) is 75.9 cm³/mol. The van der Waals surface area contributed by atoms with E-state index in [2.05, 4.69) is 5.32 Å².